The number of carbonyl (C=O) groups excluding carboxylic acids is 1. The molecule has 0 radical (unpaired) electrons. The number of aromatic amines is 1. The van der Waals surface area contributed by atoms with E-state index in [4.69, 9.17) is 11.6 Å². The number of benzene rings is 1. The van der Waals surface area contributed by atoms with E-state index in [1.807, 2.05) is 26.8 Å². The molecule has 3 N–H and O–H groups in total. The lowest BCUT2D eigenvalue weighted by Gasteiger charge is -2.27. The molecule has 1 aromatic carbocycles. The fourth-order valence-electron chi connectivity index (χ4n) is 4.62. The fraction of sp³-hybridized carbons (Fsp3) is 0.571. The molecule has 0 saturated heterocycles. The first kappa shape index (κ1) is 28.9. The Kier molecular flexibility index (Phi) is 11.8. The summed E-state index contributed by atoms with van der Waals surface area (Å²) in [7, 11) is 4.38. The van der Waals surface area contributed by atoms with Crippen molar-refractivity contribution >= 4 is 23.2 Å². The van der Waals surface area contributed by atoms with Crippen molar-refractivity contribution in [3.8, 4) is 0 Å². The highest BCUT2D eigenvalue weighted by Crippen LogP contribution is 2.25. The standard InChI is InChI=1S/C20H26ClN3O2.C8H17N/c1-5-7-14-8-12(3)24-20(26)17(14)11-23-19(25)16-9-15(21)10-18(13(16)4)22-6-2;1-9(2)8-6-4-3-5-7-8/h8-10,22H,5-7,11H2,1-4H3,(H,23,25)(H,24,26);8H,3-7H2,1-2H3. The quantitative estimate of drug-likeness (QED) is 0.423. The lowest BCUT2D eigenvalue weighted by atomic mass is 9.95. The van der Waals surface area contributed by atoms with Crippen LogP contribution in [0, 0.1) is 13.8 Å². The number of nitrogens with one attached hydrogen (secondary N) is 3. The number of H-pyrrole nitrogens is 1. The van der Waals surface area contributed by atoms with Crippen LogP contribution in [-0.4, -0.2) is 42.5 Å². The van der Waals surface area contributed by atoms with Crippen molar-refractivity contribution in [2.45, 2.75) is 85.2 Å². The maximum absolute atomic E-state index is 12.7. The first-order valence-corrected chi connectivity index (χ1v) is 13.3. The van der Waals surface area contributed by atoms with Crippen LogP contribution in [0.1, 0.15) is 85.1 Å². The van der Waals surface area contributed by atoms with Gasteiger partial charge >= 0.3 is 0 Å². The maximum Gasteiger partial charge on any atom is 0.253 e. The molecule has 1 aliphatic rings. The van der Waals surface area contributed by atoms with E-state index in [0.29, 0.717) is 16.1 Å². The smallest absolute Gasteiger partial charge is 0.253 e. The summed E-state index contributed by atoms with van der Waals surface area (Å²) in [5, 5.41) is 6.57. The highest BCUT2D eigenvalue weighted by atomic mass is 35.5. The van der Waals surface area contributed by atoms with Crippen LogP contribution in [0.3, 0.4) is 0 Å². The third kappa shape index (κ3) is 8.69. The van der Waals surface area contributed by atoms with Gasteiger partial charge in [-0.25, -0.2) is 0 Å². The van der Waals surface area contributed by atoms with Crippen LogP contribution in [-0.2, 0) is 13.0 Å². The fourth-order valence-corrected chi connectivity index (χ4v) is 4.84. The van der Waals surface area contributed by atoms with E-state index in [1.54, 1.807) is 12.1 Å². The summed E-state index contributed by atoms with van der Waals surface area (Å²) < 4.78 is 0. The van der Waals surface area contributed by atoms with Gasteiger partial charge in [-0.15, -0.1) is 0 Å². The summed E-state index contributed by atoms with van der Waals surface area (Å²) in [4.78, 5) is 30.2. The van der Waals surface area contributed by atoms with Gasteiger partial charge in [0.15, 0.2) is 0 Å². The van der Waals surface area contributed by atoms with Crippen LogP contribution in [0.5, 0.6) is 0 Å². The molecule has 0 aliphatic heterocycles. The molecule has 0 atom stereocenters. The largest absolute Gasteiger partial charge is 0.385 e. The second kappa shape index (κ2) is 14.3. The Morgan fingerprint density at radius 1 is 1.11 bits per heavy atom. The molecule has 6 nitrogen and oxygen atoms in total. The van der Waals surface area contributed by atoms with Crippen molar-refractivity contribution in [3.05, 3.63) is 61.5 Å². The van der Waals surface area contributed by atoms with Crippen LogP contribution in [0.15, 0.2) is 23.0 Å². The van der Waals surface area contributed by atoms with Gasteiger partial charge in [0.05, 0.1) is 0 Å². The molecule has 194 valence electrons. The van der Waals surface area contributed by atoms with Crippen molar-refractivity contribution in [2.24, 2.45) is 0 Å². The van der Waals surface area contributed by atoms with Crippen molar-refractivity contribution in [1.29, 1.82) is 0 Å². The van der Waals surface area contributed by atoms with E-state index in [1.165, 1.54) is 32.1 Å². The normalized spacial score (nSPS) is 13.8. The second-order valence-corrected chi connectivity index (χ2v) is 10.1. The summed E-state index contributed by atoms with van der Waals surface area (Å²) in [6.45, 7) is 8.72. The van der Waals surface area contributed by atoms with E-state index in [0.717, 1.165) is 47.9 Å². The van der Waals surface area contributed by atoms with Gasteiger partial charge in [-0.2, -0.15) is 0 Å². The zero-order valence-electron chi connectivity index (χ0n) is 22.3. The third-order valence-corrected chi connectivity index (χ3v) is 6.82. The molecule has 3 rings (SSSR count). The molecule has 1 aromatic heterocycles. The molecule has 1 amide bonds. The number of hydrogen-bond acceptors (Lipinski definition) is 4. The number of amides is 1. The van der Waals surface area contributed by atoms with Crippen molar-refractivity contribution < 1.29 is 4.79 Å². The van der Waals surface area contributed by atoms with Crippen LogP contribution >= 0.6 is 11.6 Å². The number of nitrogens with zero attached hydrogens (tertiary/aromatic N) is 1. The topological polar surface area (TPSA) is 77.2 Å². The van der Waals surface area contributed by atoms with Crippen LogP contribution in [0.25, 0.3) is 0 Å². The Morgan fingerprint density at radius 2 is 1.80 bits per heavy atom. The van der Waals surface area contributed by atoms with Crippen LogP contribution in [0.2, 0.25) is 5.02 Å². The second-order valence-electron chi connectivity index (χ2n) is 9.63. The lowest BCUT2D eigenvalue weighted by Crippen LogP contribution is -2.29. The number of pyridine rings is 1. The number of rotatable bonds is 8. The van der Waals surface area contributed by atoms with E-state index in [-0.39, 0.29) is 18.0 Å². The van der Waals surface area contributed by atoms with Gasteiger partial charge < -0.3 is 20.5 Å². The van der Waals surface area contributed by atoms with Crippen LogP contribution < -0.4 is 16.2 Å². The molecule has 7 heteroatoms. The van der Waals surface area contributed by atoms with Crippen molar-refractivity contribution in [1.82, 2.24) is 15.2 Å². The number of aromatic nitrogens is 1. The van der Waals surface area contributed by atoms with Gasteiger partial charge in [-0.1, -0.05) is 44.2 Å². The average Bonchev–Trinajstić information content (AvgIpc) is 2.81. The minimum atomic E-state index is -0.244. The van der Waals surface area contributed by atoms with E-state index in [2.05, 4.69) is 41.5 Å². The van der Waals surface area contributed by atoms with E-state index in [9.17, 15) is 9.59 Å². The minimum absolute atomic E-state index is 0.148. The van der Waals surface area contributed by atoms with Crippen molar-refractivity contribution in [3.63, 3.8) is 0 Å². The van der Waals surface area contributed by atoms with Gasteiger partial charge in [0.2, 0.25) is 0 Å². The molecule has 1 saturated carbocycles. The lowest BCUT2D eigenvalue weighted by molar-refractivity contribution is 0.0950. The first-order valence-electron chi connectivity index (χ1n) is 12.9. The van der Waals surface area contributed by atoms with Gasteiger partial charge in [-0.3, -0.25) is 9.59 Å². The number of halogens is 1. The number of anilines is 1. The molecule has 0 bridgehead atoms. The summed E-state index contributed by atoms with van der Waals surface area (Å²) >= 11 is 6.15. The highest BCUT2D eigenvalue weighted by molar-refractivity contribution is 6.31. The molecule has 35 heavy (non-hydrogen) atoms. The molecule has 0 unspecified atom stereocenters. The van der Waals surface area contributed by atoms with Gasteiger partial charge in [0.1, 0.15) is 0 Å². The zero-order chi connectivity index (χ0) is 26.0. The van der Waals surface area contributed by atoms with Crippen molar-refractivity contribution in [2.75, 3.05) is 26.0 Å². The van der Waals surface area contributed by atoms with E-state index >= 15 is 0 Å². The summed E-state index contributed by atoms with van der Waals surface area (Å²) in [5.41, 5.74) is 4.45. The first-order chi connectivity index (χ1) is 16.7. The molecule has 1 heterocycles. The monoisotopic (exact) mass is 502 g/mol. The molecule has 2 aromatic rings. The minimum Gasteiger partial charge on any atom is -0.385 e. The molecular formula is C28H43ClN4O2. The molecule has 1 aliphatic carbocycles. The van der Waals surface area contributed by atoms with Gasteiger partial charge in [-0.05, 0) is 83.5 Å². The average molecular weight is 503 g/mol. The summed E-state index contributed by atoms with van der Waals surface area (Å²) in [6, 6.07) is 6.32. The Labute approximate surface area is 215 Å². The highest BCUT2D eigenvalue weighted by Gasteiger charge is 2.16. The Balaban J connectivity index is 0.000000402. The predicted molar refractivity (Wildman–Crippen MR) is 148 cm³/mol. The molecule has 1 fully saturated rings. The van der Waals surface area contributed by atoms with Crippen LogP contribution in [0.4, 0.5) is 5.69 Å². The SMILES string of the molecule is CCCc1cc(C)[nH]c(=O)c1CNC(=O)c1cc(Cl)cc(NCC)c1C.CN(C)C1CCCCC1. The molecular weight excluding hydrogens is 460 g/mol. The number of hydrogen-bond donors (Lipinski definition) is 3. The summed E-state index contributed by atoms with van der Waals surface area (Å²) in [6.07, 6.45) is 8.94. The summed E-state index contributed by atoms with van der Waals surface area (Å²) in [5.74, 6) is -0.244. The maximum atomic E-state index is 12.7. The van der Waals surface area contributed by atoms with Gasteiger partial charge in [0, 0.05) is 46.7 Å². The Hall–Kier alpha value is -2.31. The Morgan fingerprint density at radius 3 is 2.37 bits per heavy atom. The Bertz CT molecular complexity index is 1030. The predicted octanol–water partition coefficient (Wildman–Crippen LogP) is 5.84. The third-order valence-electron chi connectivity index (χ3n) is 6.60. The zero-order valence-corrected chi connectivity index (χ0v) is 23.1. The van der Waals surface area contributed by atoms with E-state index < -0.39 is 0 Å². The molecule has 0 spiro atoms. The number of carbonyl (C=O) groups is 1. The van der Waals surface area contributed by atoms with Gasteiger partial charge in [0.25, 0.3) is 11.5 Å². The number of aryl methyl sites for hydroxylation is 2.